The first-order valence-electron chi connectivity index (χ1n) is 7.63. The number of benzene rings is 2. The van der Waals surface area contributed by atoms with E-state index in [4.69, 9.17) is 0 Å². The van der Waals surface area contributed by atoms with E-state index in [-0.39, 0.29) is 5.91 Å². The number of hydrogen-bond donors (Lipinski definition) is 3. The summed E-state index contributed by atoms with van der Waals surface area (Å²) in [6, 6.07) is 16.0. The van der Waals surface area contributed by atoms with E-state index in [0.717, 1.165) is 38.8 Å². The zero-order valence-corrected chi connectivity index (χ0v) is 12.8. The molecule has 0 aliphatic carbocycles. The van der Waals surface area contributed by atoms with Crippen LogP contribution >= 0.6 is 0 Å². The van der Waals surface area contributed by atoms with Crippen LogP contribution < -0.4 is 5.32 Å². The van der Waals surface area contributed by atoms with Crippen molar-refractivity contribution in [1.82, 2.24) is 9.97 Å². The molecule has 0 aliphatic rings. The summed E-state index contributed by atoms with van der Waals surface area (Å²) >= 11 is 0. The number of anilines is 1. The molecule has 4 heteroatoms. The van der Waals surface area contributed by atoms with Crippen molar-refractivity contribution in [3.05, 3.63) is 66.0 Å². The van der Waals surface area contributed by atoms with Gasteiger partial charge in [0.25, 0.3) is 0 Å². The molecular weight excluding hydrogens is 286 g/mol. The number of fused-ring (bicyclic) bond motifs is 2. The quantitative estimate of drug-likeness (QED) is 0.523. The molecule has 4 rings (SSSR count). The van der Waals surface area contributed by atoms with Crippen molar-refractivity contribution < 1.29 is 4.79 Å². The monoisotopic (exact) mass is 303 g/mol. The highest BCUT2D eigenvalue weighted by molar-refractivity contribution is 6.02. The summed E-state index contributed by atoms with van der Waals surface area (Å²) in [6.07, 6.45) is 2.26. The molecule has 0 radical (unpaired) electrons. The van der Waals surface area contributed by atoms with Crippen LogP contribution in [0.2, 0.25) is 0 Å². The minimum Gasteiger partial charge on any atom is -0.361 e. The number of aryl methyl sites for hydroxylation is 1. The Labute approximate surface area is 133 Å². The summed E-state index contributed by atoms with van der Waals surface area (Å²) < 4.78 is 0. The zero-order chi connectivity index (χ0) is 15.8. The Morgan fingerprint density at radius 2 is 2.00 bits per heavy atom. The third kappa shape index (κ3) is 2.59. The highest BCUT2D eigenvalue weighted by atomic mass is 16.1. The number of aromatic nitrogens is 2. The number of H-pyrrole nitrogens is 2. The zero-order valence-electron chi connectivity index (χ0n) is 12.8. The Morgan fingerprint density at radius 3 is 2.91 bits per heavy atom. The number of carbonyl (C=O) groups excluding carboxylic acids is 1. The normalized spacial score (nSPS) is 11.2. The molecule has 0 saturated heterocycles. The van der Waals surface area contributed by atoms with E-state index in [2.05, 4.69) is 21.4 Å². The Balaban J connectivity index is 1.56. The lowest BCUT2D eigenvalue weighted by molar-refractivity contribution is -0.115. The predicted molar refractivity (Wildman–Crippen MR) is 93.7 cm³/mol. The number of aromatic amines is 2. The van der Waals surface area contributed by atoms with Gasteiger partial charge in [-0.25, -0.2) is 0 Å². The SMILES string of the molecule is Cc1cc2c(NC(=O)Cc3ccc4cc[nH]c4c3)cccc2[nH]1. The molecule has 0 atom stereocenters. The summed E-state index contributed by atoms with van der Waals surface area (Å²) in [5.41, 5.74) is 5.01. The Kier molecular flexibility index (Phi) is 3.15. The maximum absolute atomic E-state index is 12.4. The van der Waals surface area contributed by atoms with Crippen LogP contribution in [0.4, 0.5) is 5.69 Å². The van der Waals surface area contributed by atoms with E-state index < -0.39 is 0 Å². The van der Waals surface area contributed by atoms with Crippen molar-refractivity contribution in [2.75, 3.05) is 5.32 Å². The van der Waals surface area contributed by atoms with Crippen molar-refractivity contribution in [3.8, 4) is 0 Å². The van der Waals surface area contributed by atoms with E-state index in [9.17, 15) is 4.79 Å². The molecule has 2 heterocycles. The Hall–Kier alpha value is -3.01. The first-order valence-corrected chi connectivity index (χ1v) is 7.63. The van der Waals surface area contributed by atoms with E-state index >= 15 is 0 Å². The highest BCUT2D eigenvalue weighted by Crippen LogP contribution is 2.24. The van der Waals surface area contributed by atoms with Gasteiger partial charge >= 0.3 is 0 Å². The van der Waals surface area contributed by atoms with Gasteiger partial charge in [0.2, 0.25) is 5.91 Å². The third-order valence-corrected chi connectivity index (χ3v) is 4.06. The van der Waals surface area contributed by atoms with Gasteiger partial charge in [-0.15, -0.1) is 0 Å². The van der Waals surface area contributed by atoms with Gasteiger partial charge < -0.3 is 15.3 Å². The molecule has 3 N–H and O–H groups in total. The van der Waals surface area contributed by atoms with Crippen LogP contribution in [0, 0.1) is 6.92 Å². The lowest BCUT2D eigenvalue weighted by Gasteiger charge is -2.07. The Bertz CT molecular complexity index is 1010. The van der Waals surface area contributed by atoms with Gasteiger partial charge in [-0.3, -0.25) is 4.79 Å². The maximum atomic E-state index is 12.4. The number of rotatable bonds is 3. The fourth-order valence-electron chi connectivity index (χ4n) is 2.99. The number of hydrogen-bond acceptors (Lipinski definition) is 1. The Morgan fingerprint density at radius 1 is 1.09 bits per heavy atom. The molecule has 114 valence electrons. The van der Waals surface area contributed by atoms with Crippen molar-refractivity contribution in [3.63, 3.8) is 0 Å². The molecule has 0 spiro atoms. The van der Waals surface area contributed by atoms with Crippen LogP contribution in [-0.4, -0.2) is 15.9 Å². The molecule has 0 unspecified atom stereocenters. The van der Waals surface area contributed by atoms with Gasteiger partial charge in [-0.05, 0) is 48.2 Å². The van der Waals surface area contributed by atoms with E-state index in [1.165, 1.54) is 0 Å². The van der Waals surface area contributed by atoms with Gasteiger partial charge in [0.15, 0.2) is 0 Å². The summed E-state index contributed by atoms with van der Waals surface area (Å²) in [6.45, 7) is 2.01. The standard InChI is InChI=1S/C19H17N3O/c1-12-9-15-16(21-12)3-2-4-17(15)22-19(23)11-13-5-6-14-7-8-20-18(14)10-13/h2-10,20-21H,11H2,1H3,(H,22,23). The fraction of sp³-hybridized carbons (Fsp3) is 0.105. The molecule has 0 aliphatic heterocycles. The average Bonchev–Trinajstić information content (AvgIpc) is 3.12. The first-order chi connectivity index (χ1) is 11.2. The molecule has 1 amide bonds. The lowest BCUT2D eigenvalue weighted by atomic mass is 10.1. The molecule has 4 nitrogen and oxygen atoms in total. The molecule has 0 saturated carbocycles. The van der Waals surface area contributed by atoms with Crippen LogP contribution in [0.1, 0.15) is 11.3 Å². The molecule has 2 aromatic heterocycles. The van der Waals surface area contributed by atoms with Crippen LogP contribution in [-0.2, 0) is 11.2 Å². The second-order valence-electron chi connectivity index (χ2n) is 5.84. The van der Waals surface area contributed by atoms with Gasteiger partial charge in [-0.2, -0.15) is 0 Å². The predicted octanol–water partition coefficient (Wildman–Crippen LogP) is 4.14. The molecule has 4 aromatic rings. The van der Waals surface area contributed by atoms with Crippen LogP contribution in [0.3, 0.4) is 0 Å². The van der Waals surface area contributed by atoms with Crippen molar-refractivity contribution in [1.29, 1.82) is 0 Å². The smallest absolute Gasteiger partial charge is 0.228 e. The van der Waals surface area contributed by atoms with Crippen molar-refractivity contribution in [2.24, 2.45) is 0 Å². The van der Waals surface area contributed by atoms with E-state index in [0.29, 0.717) is 6.42 Å². The van der Waals surface area contributed by atoms with Gasteiger partial charge in [0.1, 0.15) is 0 Å². The van der Waals surface area contributed by atoms with E-state index in [1.54, 1.807) is 0 Å². The number of amides is 1. The summed E-state index contributed by atoms with van der Waals surface area (Å²) in [5, 5.41) is 5.21. The molecule has 2 aromatic carbocycles. The molecule has 23 heavy (non-hydrogen) atoms. The minimum atomic E-state index is -0.0118. The molecule has 0 bridgehead atoms. The lowest BCUT2D eigenvalue weighted by Crippen LogP contribution is -2.14. The summed E-state index contributed by atoms with van der Waals surface area (Å²) in [4.78, 5) is 18.8. The van der Waals surface area contributed by atoms with Crippen LogP contribution in [0.15, 0.2) is 54.7 Å². The van der Waals surface area contributed by atoms with Crippen molar-refractivity contribution >= 4 is 33.4 Å². The second-order valence-corrected chi connectivity index (χ2v) is 5.84. The van der Waals surface area contributed by atoms with Gasteiger partial charge in [0, 0.05) is 28.3 Å². The van der Waals surface area contributed by atoms with Gasteiger partial charge in [0.05, 0.1) is 12.1 Å². The van der Waals surface area contributed by atoms with Gasteiger partial charge in [-0.1, -0.05) is 18.2 Å². The third-order valence-electron chi connectivity index (χ3n) is 4.06. The van der Waals surface area contributed by atoms with Crippen molar-refractivity contribution in [2.45, 2.75) is 13.3 Å². The summed E-state index contributed by atoms with van der Waals surface area (Å²) in [5.74, 6) is -0.0118. The average molecular weight is 303 g/mol. The first kappa shape index (κ1) is 13.6. The molecular formula is C19H17N3O. The summed E-state index contributed by atoms with van der Waals surface area (Å²) in [7, 11) is 0. The number of carbonyl (C=O) groups is 1. The van der Waals surface area contributed by atoms with Crippen LogP contribution in [0.25, 0.3) is 21.8 Å². The highest BCUT2D eigenvalue weighted by Gasteiger charge is 2.09. The fourth-order valence-corrected chi connectivity index (χ4v) is 2.99. The second kappa shape index (κ2) is 5.32. The van der Waals surface area contributed by atoms with Crippen LogP contribution in [0.5, 0.6) is 0 Å². The molecule has 0 fully saturated rings. The van der Waals surface area contributed by atoms with E-state index in [1.807, 2.05) is 55.6 Å². The maximum Gasteiger partial charge on any atom is 0.228 e. The number of nitrogens with one attached hydrogen (secondary N) is 3. The largest absolute Gasteiger partial charge is 0.361 e. The topological polar surface area (TPSA) is 60.7 Å². The minimum absolute atomic E-state index is 0.0118.